The third-order valence-electron chi connectivity index (χ3n) is 3.72. The van der Waals surface area contributed by atoms with Crippen LogP contribution in [0, 0.1) is 5.92 Å². The van der Waals surface area contributed by atoms with Crippen LogP contribution < -0.4 is 5.73 Å². The van der Waals surface area contributed by atoms with E-state index in [1.807, 2.05) is 4.68 Å². The van der Waals surface area contributed by atoms with Gasteiger partial charge < -0.3 is 10.5 Å². The van der Waals surface area contributed by atoms with E-state index in [1.54, 1.807) is 0 Å². The number of hydrogen-bond acceptors (Lipinski definition) is 4. The smallest absolute Gasteiger partial charge is 0.223 e. The normalized spacial score (nSPS) is 16.8. The minimum Gasteiger partial charge on any atom is -0.381 e. The van der Waals surface area contributed by atoms with Crippen molar-refractivity contribution in [1.82, 2.24) is 15.0 Å². The van der Waals surface area contributed by atoms with Gasteiger partial charge in [0.05, 0.1) is 17.8 Å². The highest BCUT2D eigenvalue weighted by Crippen LogP contribution is 2.29. The number of amides is 1. The van der Waals surface area contributed by atoms with Crippen molar-refractivity contribution in [3.8, 4) is 0 Å². The number of carbonyl (C=O) groups is 1. The zero-order chi connectivity index (χ0) is 14.5. The van der Waals surface area contributed by atoms with E-state index in [-0.39, 0.29) is 12.3 Å². The number of primary amides is 1. The summed E-state index contributed by atoms with van der Waals surface area (Å²) in [6.07, 6.45) is 3.14. The van der Waals surface area contributed by atoms with Gasteiger partial charge in [0.1, 0.15) is 0 Å². The minimum atomic E-state index is -0.353. The molecule has 112 valence electrons. The quantitative estimate of drug-likeness (QED) is 0.850. The summed E-state index contributed by atoms with van der Waals surface area (Å²) in [4.78, 5) is 11.2. The standard InChI is InChI=1S/C14H24N4O2/c1-10(2)3-6-18-14(11-4-7-20-8-5-11)12(16-17-18)9-13(15)19/h10-11H,3-9H2,1-2H3,(H2,15,19). The number of ether oxygens (including phenoxy) is 1. The third kappa shape index (κ3) is 3.79. The van der Waals surface area contributed by atoms with E-state index in [1.165, 1.54) is 0 Å². The first kappa shape index (κ1) is 15.0. The summed E-state index contributed by atoms with van der Waals surface area (Å²) in [7, 11) is 0. The highest BCUT2D eigenvalue weighted by Gasteiger charge is 2.25. The molecule has 1 aliphatic heterocycles. The molecule has 0 atom stereocenters. The van der Waals surface area contributed by atoms with E-state index in [0.29, 0.717) is 11.8 Å². The highest BCUT2D eigenvalue weighted by molar-refractivity contribution is 5.76. The fourth-order valence-electron chi connectivity index (χ4n) is 2.61. The monoisotopic (exact) mass is 280 g/mol. The Morgan fingerprint density at radius 1 is 1.45 bits per heavy atom. The molecule has 1 amide bonds. The van der Waals surface area contributed by atoms with Gasteiger partial charge >= 0.3 is 0 Å². The van der Waals surface area contributed by atoms with Crippen LogP contribution in [0.3, 0.4) is 0 Å². The van der Waals surface area contributed by atoms with Gasteiger partial charge in [0, 0.05) is 25.7 Å². The lowest BCUT2D eigenvalue weighted by molar-refractivity contribution is -0.117. The molecule has 6 heteroatoms. The van der Waals surface area contributed by atoms with Crippen molar-refractivity contribution in [2.24, 2.45) is 11.7 Å². The summed E-state index contributed by atoms with van der Waals surface area (Å²) < 4.78 is 7.38. The molecular formula is C14H24N4O2. The Morgan fingerprint density at radius 2 is 2.15 bits per heavy atom. The van der Waals surface area contributed by atoms with Crippen molar-refractivity contribution >= 4 is 5.91 Å². The van der Waals surface area contributed by atoms with Crippen LogP contribution >= 0.6 is 0 Å². The summed E-state index contributed by atoms with van der Waals surface area (Å²) in [5.74, 6) is 0.635. The molecule has 0 bridgehead atoms. The first-order chi connectivity index (χ1) is 9.58. The molecule has 2 N–H and O–H groups in total. The van der Waals surface area contributed by atoms with Crippen molar-refractivity contribution < 1.29 is 9.53 Å². The van der Waals surface area contributed by atoms with Gasteiger partial charge in [0.2, 0.25) is 5.91 Å². The topological polar surface area (TPSA) is 83.0 Å². The molecule has 2 heterocycles. The summed E-state index contributed by atoms with van der Waals surface area (Å²) >= 11 is 0. The van der Waals surface area contributed by atoms with Gasteiger partial charge in [-0.2, -0.15) is 0 Å². The van der Waals surface area contributed by atoms with Gasteiger partial charge in [-0.3, -0.25) is 4.79 Å². The van der Waals surface area contributed by atoms with E-state index in [2.05, 4.69) is 24.2 Å². The average molecular weight is 280 g/mol. The van der Waals surface area contributed by atoms with Crippen LogP contribution in [0.25, 0.3) is 0 Å². The molecule has 1 saturated heterocycles. The van der Waals surface area contributed by atoms with Gasteiger partial charge in [-0.1, -0.05) is 19.1 Å². The van der Waals surface area contributed by atoms with Crippen LogP contribution in [0.5, 0.6) is 0 Å². The fourth-order valence-corrected chi connectivity index (χ4v) is 2.61. The number of carbonyl (C=O) groups excluding carboxylic acids is 1. The Labute approximate surface area is 119 Å². The number of aromatic nitrogens is 3. The van der Waals surface area contributed by atoms with Crippen molar-refractivity contribution in [2.45, 2.75) is 52.0 Å². The molecule has 0 aliphatic carbocycles. The SMILES string of the molecule is CC(C)CCn1nnc(CC(N)=O)c1C1CCOCC1. The van der Waals surface area contributed by atoms with Crippen LogP contribution in [0.2, 0.25) is 0 Å². The molecule has 6 nitrogen and oxygen atoms in total. The number of hydrogen-bond donors (Lipinski definition) is 1. The molecule has 1 aromatic rings. The molecule has 1 aliphatic rings. The number of nitrogens with zero attached hydrogens (tertiary/aromatic N) is 3. The zero-order valence-corrected chi connectivity index (χ0v) is 12.3. The Bertz CT molecular complexity index is 450. The maximum absolute atomic E-state index is 11.2. The van der Waals surface area contributed by atoms with E-state index >= 15 is 0 Å². The zero-order valence-electron chi connectivity index (χ0n) is 12.3. The van der Waals surface area contributed by atoms with Gasteiger partial charge in [-0.25, -0.2) is 4.68 Å². The molecule has 20 heavy (non-hydrogen) atoms. The van der Waals surface area contributed by atoms with E-state index in [0.717, 1.165) is 50.4 Å². The third-order valence-corrected chi connectivity index (χ3v) is 3.72. The number of aryl methyl sites for hydroxylation is 1. The van der Waals surface area contributed by atoms with Crippen molar-refractivity contribution in [3.05, 3.63) is 11.4 Å². The van der Waals surface area contributed by atoms with Gasteiger partial charge in [0.15, 0.2) is 0 Å². The number of rotatable bonds is 6. The van der Waals surface area contributed by atoms with Crippen LogP contribution in [-0.2, 0) is 22.5 Å². The first-order valence-corrected chi connectivity index (χ1v) is 7.36. The molecule has 0 saturated carbocycles. The van der Waals surface area contributed by atoms with Gasteiger partial charge in [0.25, 0.3) is 0 Å². The van der Waals surface area contributed by atoms with Crippen molar-refractivity contribution in [2.75, 3.05) is 13.2 Å². The summed E-state index contributed by atoms with van der Waals surface area (Å²) in [6, 6.07) is 0. The fraction of sp³-hybridized carbons (Fsp3) is 0.786. The molecule has 1 fully saturated rings. The summed E-state index contributed by atoms with van der Waals surface area (Å²) in [5.41, 5.74) is 7.15. The first-order valence-electron chi connectivity index (χ1n) is 7.36. The lowest BCUT2D eigenvalue weighted by atomic mass is 9.93. The maximum atomic E-state index is 11.2. The minimum absolute atomic E-state index is 0.175. The Balaban J connectivity index is 2.21. The predicted octanol–water partition coefficient (Wildman–Crippen LogP) is 1.25. The Kier molecular flexibility index (Phi) is 5.11. The molecule has 1 aromatic heterocycles. The molecule has 2 rings (SSSR count). The second kappa shape index (κ2) is 6.83. The molecule has 0 aromatic carbocycles. The largest absolute Gasteiger partial charge is 0.381 e. The summed E-state index contributed by atoms with van der Waals surface area (Å²) in [5, 5.41) is 8.42. The average Bonchev–Trinajstić information content (AvgIpc) is 2.79. The Morgan fingerprint density at radius 3 is 2.75 bits per heavy atom. The van der Waals surface area contributed by atoms with Gasteiger partial charge in [-0.15, -0.1) is 5.10 Å². The summed E-state index contributed by atoms with van der Waals surface area (Å²) in [6.45, 7) is 6.74. The van der Waals surface area contributed by atoms with E-state index < -0.39 is 0 Å². The number of nitrogens with two attached hydrogens (primary N) is 1. The van der Waals surface area contributed by atoms with Crippen LogP contribution in [0.1, 0.15) is 50.4 Å². The lowest BCUT2D eigenvalue weighted by Crippen LogP contribution is -2.21. The van der Waals surface area contributed by atoms with Crippen LogP contribution in [-0.4, -0.2) is 34.1 Å². The second-order valence-electron chi connectivity index (χ2n) is 5.86. The van der Waals surface area contributed by atoms with Crippen molar-refractivity contribution in [3.63, 3.8) is 0 Å². The molecular weight excluding hydrogens is 256 g/mol. The highest BCUT2D eigenvalue weighted by atomic mass is 16.5. The van der Waals surface area contributed by atoms with E-state index in [4.69, 9.17) is 10.5 Å². The predicted molar refractivity (Wildman–Crippen MR) is 75.2 cm³/mol. The lowest BCUT2D eigenvalue weighted by Gasteiger charge is -2.23. The van der Waals surface area contributed by atoms with E-state index in [9.17, 15) is 4.79 Å². The van der Waals surface area contributed by atoms with Gasteiger partial charge in [-0.05, 0) is 25.2 Å². The molecule has 0 spiro atoms. The Hall–Kier alpha value is -1.43. The van der Waals surface area contributed by atoms with Crippen molar-refractivity contribution in [1.29, 1.82) is 0 Å². The maximum Gasteiger partial charge on any atom is 0.223 e. The second-order valence-corrected chi connectivity index (χ2v) is 5.86. The van der Waals surface area contributed by atoms with Crippen LogP contribution in [0.15, 0.2) is 0 Å². The molecule has 0 unspecified atom stereocenters. The molecule has 0 radical (unpaired) electrons. The van der Waals surface area contributed by atoms with Crippen LogP contribution in [0.4, 0.5) is 0 Å².